The molecular formula is C10H20O. The van der Waals surface area contributed by atoms with Crippen LogP contribution >= 0.6 is 0 Å². The van der Waals surface area contributed by atoms with Gasteiger partial charge in [-0.3, -0.25) is 0 Å². The summed E-state index contributed by atoms with van der Waals surface area (Å²) in [5.74, 6) is 0.645. The van der Waals surface area contributed by atoms with Gasteiger partial charge in [-0.05, 0) is 19.3 Å². The van der Waals surface area contributed by atoms with Crippen LogP contribution in [0.5, 0.6) is 0 Å². The normalized spacial score (nSPS) is 17.1. The van der Waals surface area contributed by atoms with E-state index in [4.69, 9.17) is 0 Å². The van der Waals surface area contributed by atoms with Gasteiger partial charge in [0.2, 0.25) is 0 Å². The number of rotatable bonds is 5. The van der Waals surface area contributed by atoms with Crippen LogP contribution in [0.25, 0.3) is 0 Å². The molecule has 0 aliphatic heterocycles. The van der Waals surface area contributed by atoms with Crippen molar-refractivity contribution in [1.29, 1.82) is 0 Å². The van der Waals surface area contributed by atoms with Gasteiger partial charge >= 0.3 is 0 Å². The second-order valence-corrected chi connectivity index (χ2v) is 3.22. The Kier molecular flexibility index (Phi) is 6.24. The highest BCUT2D eigenvalue weighted by Crippen LogP contribution is 2.12. The van der Waals surface area contributed by atoms with E-state index in [-0.39, 0.29) is 6.10 Å². The summed E-state index contributed by atoms with van der Waals surface area (Å²) in [4.78, 5) is 0. The van der Waals surface area contributed by atoms with Crippen LogP contribution in [-0.4, -0.2) is 11.2 Å². The summed E-state index contributed by atoms with van der Waals surface area (Å²) in [5.41, 5.74) is 0. The van der Waals surface area contributed by atoms with E-state index >= 15 is 0 Å². The molecule has 0 aromatic heterocycles. The zero-order valence-electron chi connectivity index (χ0n) is 7.88. The first-order chi connectivity index (χ1) is 5.20. The fourth-order valence-electron chi connectivity index (χ4n) is 1.32. The van der Waals surface area contributed by atoms with E-state index in [0.29, 0.717) is 5.92 Å². The second kappa shape index (κ2) is 6.41. The van der Waals surface area contributed by atoms with E-state index in [9.17, 15) is 5.11 Å². The average Bonchev–Trinajstić information content (AvgIpc) is 1.87. The number of hydrogen-bond acceptors (Lipinski definition) is 1. The van der Waals surface area contributed by atoms with Crippen LogP contribution in [-0.2, 0) is 0 Å². The number of aliphatic hydroxyl groups is 1. The molecule has 0 heterocycles. The Labute approximate surface area is 70.1 Å². The molecule has 0 unspecified atom stereocenters. The zero-order valence-corrected chi connectivity index (χ0v) is 7.88. The molecule has 66 valence electrons. The molecule has 1 nitrogen and oxygen atoms in total. The first-order valence-electron chi connectivity index (χ1n) is 4.51. The molecule has 0 rings (SSSR count). The van der Waals surface area contributed by atoms with E-state index in [1.807, 2.05) is 19.1 Å². The van der Waals surface area contributed by atoms with Crippen molar-refractivity contribution < 1.29 is 5.11 Å². The van der Waals surface area contributed by atoms with Crippen molar-refractivity contribution in [2.45, 2.75) is 46.1 Å². The molecule has 0 saturated heterocycles. The SMILES string of the molecule is CC=C[C@@H](O)C[C@@H](C)CCC. The van der Waals surface area contributed by atoms with Gasteiger partial charge in [-0.1, -0.05) is 38.8 Å². The third-order valence-electron chi connectivity index (χ3n) is 1.84. The van der Waals surface area contributed by atoms with E-state index < -0.39 is 0 Å². The maximum absolute atomic E-state index is 9.36. The maximum Gasteiger partial charge on any atom is 0.0723 e. The molecule has 0 aromatic carbocycles. The summed E-state index contributed by atoms with van der Waals surface area (Å²) < 4.78 is 0. The topological polar surface area (TPSA) is 20.2 Å². The molecule has 0 amide bonds. The molecule has 0 spiro atoms. The quantitative estimate of drug-likeness (QED) is 0.607. The largest absolute Gasteiger partial charge is 0.389 e. The van der Waals surface area contributed by atoms with Crippen LogP contribution in [0.4, 0.5) is 0 Å². The molecule has 0 aliphatic rings. The maximum atomic E-state index is 9.36. The van der Waals surface area contributed by atoms with Crippen molar-refractivity contribution in [3.05, 3.63) is 12.2 Å². The van der Waals surface area contributed by atoms with E-state index in [2.05, 4.69) is 13.8 Å². The van der Waals surface area contributed by atoms with Crippen LogP contribution < -0.4 is 0 Å². The Morgan fingerprint density at radius 2 is 2.09 bits per heavy atom. The fraction of sp³-hybridized carbons (Fsp3) is 0.800. The van der Waals surface area contributed by atoms with E-state index in [0.717, 1.165) is 6.42 Å². The highest BCUT2D eigenvalue weighted by Gasteiger charge is 2.05. The first-order valence-corrected chi connectivity index (χ1v) is 4.51. The summed E-state index contributed by atoms with van der Waals surface area (Å²) in [6, 6.07) is 0. The van der Waals surface area contributed by atoms with Gasteiger partial charge in [0.1, 0.15) is 0 Å². The van der Waals surface area contributed by atoms with Crippen molar-refractivity contribution in [2.24, 2.45) is 5.92 Å². The van der Waals surface area contributed by atoms with Gasteiger partial charge in [-0.2, -0.15) is 0 Å². The Balaban J connectivity index is 3.48. The second-order valence-electron chi connectivity index (χ2n) is 3.22. The molecule has 2 atom stereocenters. The van der Waals surface area contributed by atoms with Crippen LogP contribution in [0.2, 0.25) is 0 Å². The summed E-state index contributed by atoms with van der Waals surface area (Å²) >= 11 is 0. The Morgan fingerprint density at radius 3 is 2.55 bits per heavy atom. The van der Waals surface area contributed by atoms with Gasteiger partial charge in [0.05, 0.1) is 6.10 Å². The van der Waals surface area contributed by atoms with Gasteiger partial charge < -0.3 is 5.11 Å². The highest BCUT2D eigenvalue weighted by atomic mass is 16.3. The Bertz CT molecular complexity index is 107. The van der Waals surface area contributed by atoms with Crippen molar-refractivity contribution in [1.82, 2.24) is 0 Å². The number of hydrogen-bond donors (Lipinski definition) is 1. The Hall–Kier alpha value is -0.300. The van der Waals surface area contributed by atoms with Crippen LogP contribution in [0, 0.1) is 5.92 Å². The van der Waals surface area contributed by atoms with Crippen LogP contribution in [0.15, 0.2) is 12.2 Å². The molecule has 0 saturated carbocycles. The number of allylic oxidation sites excluding steroid dienone is 1. The van der Waals surface area contributed by atoms with Crippen molar-refractivity contribution in [3.8, 4) is 0 Å². The standard InChI is InChI=1S/C10H20O/c1-4-6-9(3)8-10(11)7-5-2/h5,7,9-11H,4,6,8H2,1-3H3/t9-,10+/m0/s1. The minimum atomic E-state index is -0.235. The van der Waals surface area contributed by atoms with Crippen LogP contribution in [0.3, 0.4) is 0 Å². The van der Waals surface area contributed by atoms with Crippen molar-refractivity contribution in [3.63, 3.8) is 0 Å². The van der Waals surface area contributed by atoms with E-state index in [1.165, 1.54) is 12.8 Å². The average molecular weight is 156 g/mol. The van der Waals surface area contributed by atoms with Gasteiger partial charge in [0.15, 0.2) is 0 Å². The molecule has 0 aromatic rings. The minimum Gasteiger partial charge on any atom is -0.389 e. The summed E-state index contributed by atoms with van der Waals surface area (Å²) in [5, 5.41) is 9.36. The highest BCUT2D eigenvalue weighted by molar-refractivity contribution is 4.85. The first kappa shape index (κ1) is 10.7. The van der Waals surface area contributed by atoms with Gasteiger partial charge in [-0.25, -0.2) is 0 Å². The predicted octanol–water partition coefficient (Wildman–Crippen LogP) is 2.75. The third-order valence-corrected chi connectivity index (χ3v) is 1.84. The molecule has 0 aliphatic carbocycles. The lowest BCUT2D eigenvalue weighted by Gasteiger charge is -2.11. The van der Waals surface area contributed by atoms with Gasteiger partial charge in [0.25, 0.3) is 0 Å². The molecule has 1 N–H and O–H groups in total. The lowest BCUT2D eigenvalue weighted by atomic mass is 9.99. The van der Waals surface area contributed by atoms with Crippen molar-refractivity contribution in [2.75, 3.05) is 0 Å². The molecule has 0 fully saturated rings. The fourth-order valence-corrected chi connectivity index (χ4v) is 1.32. The lowest BCUT2D eigenvalue weighted by Crippen LogP contribution is -2.08. The molecule has 0 bridgehead atoms. The smallest absolute Gasteiger partial charge is 0.0723 e. The summed E-state index contributed by atoms with van der Waals surface area (Å²) in [6.45, 7) is 6.31. The number of aliphatic hydroxyl groups excluding tert-OH is 1. The zero-order chi connectivity index (χ0) is 8.69. The molecule has 0 radical (unpaired) electrons. The van der Waals surface area contributed by atoms with Crippen LogP contribution in [0.1, 0.15) is 40.0 Å². The summed E-state index contributed by atoms with van der Waals surface area (Å²) in [6.07, 6.45) is 6.85. The molecule has 11 heavy (non-hydrogen) atoms. The monoisotopic (exact) mass is 156 g/mol. The molecular weight excluding hydrogens is 136 g/mol. The molecule has 1 heteroatoms. The summed E-state index contributed by atoms with van der Waals surface area (Å²) in [7, 11) is 0. The van der Waals surface area contributed by atoms with Gasteiger partial charge in [-0.15, -0.1) is 0 Å². The van der Waals surface area contributed by atoms with E-state index in [1.54, 1.807) is 0 Å². The third kappa shape index (κ3) is 6.11. The lowest BCUT2D eigenvalue weighted by molar-refractivity contribution is 0.187. The Morgan fingerprint density at radius 1 is 1.45 bits per heavy atom. The predicted molar refractivity (Wildman–Crippen MR) is 49.5 cm³/mol. The van der Waals surface area contributed by atoms with Crippen molar-refractivity contribution >= 4 is 0 Å². The van der Waals surface area contributed by atoms with Gasteiger partial charge in [0, 0.05) is 0 Å². The minimum absolute atomic E-state index is 0.235.